The fraction of sp³-hybridized carbons (Fsp3) is 0.314. The molecule has 1 heterocycles. The van der Waals surface area contributed by atoms with Crippen molar-refractivity contribution in [3.8, 4) is 22.5 Å². The fourth-order valence-corrected chi connectivity index (χ4v) is 5.91. The molecule has 0 unspecified atom stereocenters. The monoisotopic (exact) mass is 745 g/mol. The van der Waals surface area contributed by atoms with E-state index >= 15 is 0 Å². The number of halogens is 5. The standard InChI is InChI=1S/C35H35F4N7O5.ClH/c36-34(37,35(38,39)33(50)51)32-44-29(45-46-32)22-13-15-24(16-14-22)42-31(49)27(43-30(48)23-11-7-20(18-40)8-12-23)17-19-5-9-21(10-6-19)25-3-1-2-4-26(25)28(41)47;/h1-6,9-10,13-16,20,23,27H,7-8,11-12,17-18,40H2,(H2,41,47)(H,42,49)(H,43,48)(H,50,51)(H,44,45,46);1H/t20-,23-,27-;/m0./s1. The Morgan fingerprint density at radius 2 is 1.52 bits per heavy atom. The van der Waals surface area contributed by atoms with Gasteiger partial charge in [0.2, 0.25) is 23.5 Å². The number of nitrogens with zero attached hydrogens (tertiary/aromatic N) is 2. The summed E-state index contributed by atoms with van der Waals surface area (Å²) in [5.74, 6) is -17.1. The summed E-state index contributed by atoms with van der Waals surface area (Å²) in [4.78, 5) is 53.0. The smallest absolute Gasteiger partial charge is 0.411 e. The molecule has 0 spiro atoms. The molecule has 8 N–H and O–H groups in total. The summed E-state index contributed by atoms with van der Waals surface area (Å²) < 4.78 is 55.6. The van der Waals surface area contributed by atoms with Crippen molar-refractivity contribution in [1.82, 2.24) is 20.5 Å². The Balaban J connectivity index is 0.00000605. The van der Waals surface area contributed by atoms with E-state index in [4.69, 9.17) is 16.6 Å². The van der Waals surface area contributed by atoms with E-state index in [2.05, 4.69) is 25.8 Å². The lowest BCUT2D eigenvalue weighted by molar-refractivity contribution is -0.231. The van der Waals surface area contributed by atoms with Crippen LogP contribution >= 0.6 is 12.4 Å². The summed E-state index contributed by atoms with van der Waals surface area (Å²) in [6.07, 6.45) is 3.00. The number of nitrogens with two attached hydrogens (primary N) is 2. The number of alkyl halides is 4. The topological polar surface area (TPSA) is 206 Å². The molecule has 52 heavy (non-hydrogen) atoms. The van der Waals surface area contributed by atoms with Gasteiger partial charge < -0.3 is 27.2 Å². The number of amides is 3. The molecule has 1 fully saturated rings. The number of carbonyl (C=O) groups is 4. The second-order valence-corrected chi connectivity index (χ2v) is 12.4. The maximum absolute atomic E-state index is 14.2. The lowest BCUT2D eigenvalue weighted by Crippen LogP contribution is -2.48. The van der Waals surface area contributed by atoms with Gasteiger partial charge in [0.1, 0.15) is 6.04 Å². The molecule has 5 rings (SSSR count). The molecule has 17 heteroatoms. The van der Waals surface area contributed by atoms with Crippen molar-refractivity contribution < 1.29 is 41.8 Å². The van der Waals surface area contributed by atoms with E-state index in [1.54, 1.807) is 48.5 Å². The van der Waals surface area contributed by atoms with Crippen LogP contribution in [0.3, 0.4) is 0 Å². The maximum atomic E-state index is 14.2. The Labute approximate surface area is 301 Å². The highest BCUT2D eigenvalue weighted by Crippen LogP contribution is 2.42. The Kier molecular flexibility index (Phi) is 12.4. The molecule has 1 aliphatic rings. The second kappa shape index (κ2) is 16.3. The van der Waals surface area contributed by atoms with Gasteiger partial charge in [0.15, 0.2) is 5.82 Å². The predicted molar refractivity (Wildman–Crippen MR) is 185 cm³/mol. The summed E-state index contributed by atoms with van der Waals surface area (Å²) in [5.41, 5.74) is 14.2. The SMILES string of the molecule is Cl.NC[C@H]1CC[C@H](C(=O)N[C@@H](Cc2ccc(-c3ccccc3C(N)=O)cc2)C(=O)Nc2ccc(-c3nc(C(F)(F)C(F)(F)C(=O)O)n[nH]3)cc2)CC1. The predicted octanol–water partition coefficient (Wildman–Crippen LogP) is 4.90. The minimum atomic E-state index is -5.45. The minimum Gasteiger partial charge on any atom is -0.477 e. The Morgan fingerprint density at radius 3 is 2.12 bits per heavy atom. The van der Waals surface area contributed by atoms with Gasteiger partial charge in [-0.1, -0.05) is 42.5 Å². The van der Waals surface area contributed by atoms with Gasteiger partial charge in [0.25, 0.3) is 0 Å². The number of benzene rings is 3. The van der Waals surface area contributed by atoms with Crippen LogP contribution in [0.15, 0.2) is 72.8 Å². The zero-order valence-corrected chi connectivity index (χ0v) is 28.3. The van der Waals surface area contributed by atoms with Crippen LogP contribution in [0, 0.1) is 11.8 Å². The quantitative estimate of drug-likeness (QED) is 0.104. The van der Waals surface area contributed by atoms with E-state index in [0.29, 0.717) is 42.0 Å². The van der Waals surface area contributed by atoms with Crippen LogP contribution in [0.2, 0.25) is 0 Å². The molecule has 1 aliphatic carbocycles. The van der Waals surface area contributed by atoms with Crippen molar-refractivity contribution >= 4 is 41.8 Å². The number of primary amides is 1. The Hall–Kier alpha value is -5.35. The highest BCUT2D eigenvalue weighted by Gasteiger charge is 2.66. The van der Waals surface area contributed by atoms with Gasteiger partial charge in [0, 0.05) is 29.2 Å². The number of hydrogen-bond acceptors (Lipinski definition) is 7. The largest absolute Gasteiger partial charge is 0.477 e. The zero-order valence-electron chi connectivity index (χ0n) is 27.5. The van der Waals surface area contributed by atoms with Gasteiger partial charge in [-0.25, -0.2) is 9.78 Å². The number of hydrogen-bond donors (Lipinski definition) is 6. The molecule has 0 aliphatic heterocycles. The average Bonchev–Trinajstić information content (AvgIpc) is 3.63. The highest BCUT2D eigenvalue weighted by molar-refractivity contribution is 6.00. The molecule has 1 atom stereocenters. The number of carboxylic acid groups (broad SMARTS) is 1. The third-order valence-electron chi connectivity index (χ3n) is 8.94. The van der Waals surface area contributed by atoms with Gasteiger partial charge in [0.05, 0.1) is 0 Å². The fourth-order valence-electron chi connectivity index (χ4n) is 5.91. The van der Waals surface area contributed by atoms with Crippen molar-refractivity contribution in [2.24, 2.45) is 23.3 Å². The molecule has 12 nitrogen and oxygen atoms in total. The summed E-state index contributed by atoms with van der Waals surface area (Å²) in [5, 5.41) is 19.3. The zero-order chi connectivity index (χ0) is 36.9. The summed E-state index contributed by atoms with van der Waals surface area (Å²) in [7, 11) is 0. The van der Waals surface area contributed by atoms with Crippen molar-refractivity contribution in [2.45, 2.75) is 50.0 Å². The molecule has 1 aromatic heterocycles. The first-order valence-electron chi connectivity index (χ1n) is 16.0. The van der Waals surface area contributed by atoms with E-state index in [0.717, 1.165) is 18.4 Å². The molecule has 0 saturated heterocycles. The third-order valence-corrected chi connectivity index (χ3v) is 8.94. The number of anilines is 1. The number of carboxylic acids is 1. The van der Waals surface area contributed by atoms with Gasteiger partial charge in [-0.2, -0.15) is 22.7 Å². The summed E-state index contributed by atoms with van der Waals surface area (Å²) in [6, 6.07) is 18.5. The highest BCUT2D eigenvalue weighted by atomic mass is 35.5. The summed E-state index contributed by atoms with van der Waals surface area (Å²) >= 11 is 0. The second-order valence-electron chi connectivity index (χ2n) is 12.4. The van der Waals surface area contributed by atoms with Crippen LogP contribution in [0.4, 0.5) is 23.2 Å². The number of carbonyl (C=O) groups excluding carboxylic acids is 3. The van der Waals surface area contributed by atoms with E-state index in [1.807, 2.05) is 0 Å². The van der Waals surface area contributed by atoms with Crippen LogP contribution in [0.25, 0.3) is 22.5 Å². The van der Waals surface area contributed by atoms with Crippen molar-refractivity contribution in [2.75, 3.05) is 11.9 Å². The van der Waals surface area contributed by atoms with Crippen molar-refractivity contribution in [1.29, 1.82) is 0 Å². The van der Waals surface area contributed by atoms with E-state index in [-0.39, 0.29) is 47.7 Å². The normalized spacial score (nSPS) is 16.6. The lowest BCUT2D eigenvalue weighted by Gasteiger charge is -2.28. The Morgan fingerprint density at radius 1 is 0.904 bits per heavy atom. The van der Waals surface area contributed by atoms with E-state index < -0.39 is 41.5 Å². The first-order valence-corrected chi connectivity index (χ1v) is 16.0. The van der Waals surface area contributed by atoms with Crippen LogP contribution in [-0.4, -0.2) is 62.5 Å². The third kappa shape index (κ3) is 8.57. The first-order chi connectivity index (χ1) is 24.2. The molecule has 0 bridgehead atoms. The van der Waals surface area contributed by atoms with Crippen LogP contribution < -0.4 is 22.1 Å². The molecule has 276 valence electrons. The number of aromatic amines is 1. The minimum absolute atomic E-state index is 0. The maximum Gasteiger partial charge on any atom is 0.411 e. The van der Waals surface area contributed by atoms with Gasteiger partial charge >= 0.3 is 17.8 Å². The molecule has 4 aromatic rings. The van der Waals surface area contributed by atoms with Gasteiger partial charge in [-0.05, 0) is 85.2 Å². The number of rotatable bonds is 13. The number of H-pyrrole nitrogens is 1. The molecular weight excluding hydrogens is 710 g/mol. The molecule has 0 radical (unpaired) electrons. The van der Waals surface area contributed by atoms with Crippen molar-refractivity contribution in [3.05, 3.63) is 89.7 Å². The van der Waals surface area contributed by atoms with Gasteiger partial charge in [-0.15, -0.1) is 12.4 Å². The molecule has 3 aromatic carbocycles. The number of aliphatic carboxylic acids is 1. The average molecular weight is 746 g/mol. The first kappa shape index (κ1) is 39.4. The van der Waals surface area contributed by atoms with Crippen LogP contribution in [0.5, 0.6) is 0 Å². The van der Waals surface area contributed by atoms with Crippen LogP contribution in [0.1, 0.15) is 47.4 Å². The molecule has 3 amide bonds. The molecular formula is C35H36ClF4N7O5. The number of nitrogens with one attached hydrogen (secondary N) is 3. The van der Waals surface area contributed by atoms with Gasteiger partial charge in [-0.3, -0.25) is 19.5 Å². The number of aromatic nitrogens is 3. The summed E-state index contributed by atoms with van der Waals surface area (Å²) in [6.45, 7) is 0.544. The van der Waals surface area contributed by atoms with E-state index in [1.165, 1.54) is 24.3 Å². The lowest BCUT2D eigenvalue weighted by atomic mass is 9.81. The van der Waals surface area contributed by atoms with Crippen molar-refractivity contribution in [3.63, 3.8) is 0 Å². The van der Waals surface area contributed by atoms with E-state index in [9.17, 15) is 36.7 Å². The Bertz CT molecular complexity index is 1900. The molecule has 1 saturated carbocycles. The van der Waals surface area contributed by atoms with Crippen LogP contribution in [-0.2, 0) is 26.7 Å².